The van der Waals surface area contributed by atoms with Crippen LogP contribution in [-0.4, -0.2) is 50.5 Å². The Morgan fingerprint density at radius 2 is 2.03 bits per heavy atom. The van der Waals surface area contributed by atoms with Crippen LogP contribution in [0.25, 0.3) is 5.52 Å². The molecule has 0 aromatic carbocycles. The first-order valence-corrected chi connectivity index (χ1v) is 10.7. The van der Waals surface area contributed by atoms with Gasteiger partial charge in [-0.15, -0.1) is 0 Å². The third-order valence-corrected chi connectivity index (χ3v) is 5.70. The van der Waals surface area contributed by atoms with Crippen molar-refractivity contribution in [3.8, 4) is 0 Å². The Balaban J connectivity index is 1.77. The van der Waals surface area contributed by atoms with Crippen LogP contribution in [0.5, 0.6) is 0 Å². The summed E-state index contributed by atoms with van der Waals surface area (Å²) in [4.78, 5) is 27.7. The van der Waals surface area contributed by atoms with Crippen molar-refractivity contribution in [2.45, 2.75) is 32.7 Å². The molecule has 32 heavy (non-hydrogen) atoms. The van der Waals surface area contributed by atoms with Gasteiger partial charge in [-0.05, 0) is 51.0 Å². The van der Waals surface area contributed by atoms with Crippen molar-refractivity contribution in [2.24, 2.45) is 7.05 Å². The minimum Gasteiger partial charge on any atom is -0.351 e. The molecule has 2 amide bonds. The normalized spacial score (nSPS) is 12.6. The fourth-order valence-electron chi connectivity index (χ4n) is 3.94. The van der Waals surface area contributed by atoms with Gasteiger partial charge in [-0.25, -0.2) is 4.52 Å². The molecule has 0 aliphatic carbocycles. The number of rotatable bonds is 9. The number of fused-ring (bicyclic) bond motifs is 1. The number of carbonyl (C=O) groups excluding carboxylic acids is 2. The Labute approximate surface area is 189 Å². The molecular formula is C25H31N5O2. The molecule has 0 aliphatic rings. The Kier molecular flexibility index (Phi) is 7.30. The third-order valence-electron chi connectivity index (χ3n) is 5.70. The highest BCUT2D eigenvalue weighted by Gasteiger charge is 2.26. The minimum atomic E-state index is -0.123. The molecule has 0 saturated heterocycles. The molecule has 1 N–H and O–H groups in total. The van der Waals surface area contributed by atoms with Gasteiger partial charge in [0.2, 0.25) is 0 Å². The molecule has 3 aromatic heterocycles. The first kappa shape index (κ1) is 23.1. The van der Waals surface area contributed by atoms with Crippen LogP contribution in [0, 0.1) is 6.92 Å². The molecule has 0 fully saturated rings. The molecular weight excluding hydrogens is 402 g/mol. The molecule has 3 rings (SSSR count). The lowest BCUT2D eigenvalue weighted by molar-refractivity contribution is 0.0724. The van der Waals surface area contributed by atoms with Gasteiger partial charge in [-0.3, -0.25) is 9.59 Å². The van der Waals surface area contributed by atoms with Crippen LogP contribution < -0.4 is 5.32 Å². The van der Waals surface area contributed by atoms with Gasteiger partial charge >= 0.3 is 0 Å². The molecule has 0 aliphatic heterocycles. The zero-order chi connectivity index (χ0) is 23.3. The van der Waals surface area contributed by atoms with E-state index in [0.717, 1.165) is 11.1 Å². The van der Waals surface area contributed by atoms with Crippen LogP contribution in [0.4, 0.5) is 0 Å². The molecule has 1 atom stereocenters. The summed E-state index contributed by atoms with van der Waals surface area (Å²) >= 11 is 0. The summed E-state index contributed by atoms with van der Waals surface area (Å²) in [6, 6.07) is 9.23. The van der Waals surface area contributed by atoms with E-state index in [4.69, 9.17) is 0 Å². The van der Waals surface area contributed by atoms with Crippen LogP contribution >= 0.6 is 0 Å². The molecule has 7 heteroatoms. The largest absolute Gasteiger partial charge is 0.351 e. The van der Waals surface area contributed by atoms with Crippen molar-refractivity contribution in [2.75, 3.05) is 13.6 Å². The SMILES string of the molecule is C=C/C=C(\C)C[C@@H](CCNC(=O)c1cccn1C)N(C)C(=O)c1c(C)nn2ccccc12. The second kappa shape index (κ2) is 10.1. The van der Waals surface area contributed by atoms with E-state index in [-0.39, 0.29) is 17.9 Å². The van der Waals surface area contributed by atoms with E-state index >= 15 is 0 Å². The molecule has 0 saturated carbocycles. The number of nitrogens with zero attached hydrogens (tertiary/aromatic N) is 4. The fourth-order valence-corrected chi connectivity index (χ4v) is 3.94. The van der Waals surface area contributed by atoms with E-state index in [1.165, 1.54) is 0 Å². The highest BCUT2D eigenvalue weighted by molar-refractivity contribution is 6.02. The quantitative estimate of drug-likeness (QED) is 0.522. The number of hydrogen-bond acceptors (Lipinski definition) is 3. The molecule has 168 valence electrons. The summed E-state index contributed by atoms with van der Waals surface area (Å²) in [6.07, 6.45) is 8.69. The number of hydrogen-bond donors (Lipinski definition) is 1. The van der Waals surface area contributed by atoms with Crippen molar-refractivity contribution in [1.82, 2.24) is 24.4 Å². The third kappa shape index (κ3) is 4.99. The first-order chi connectivity index (χ1) is 15.3. The average molecular weight is 434 g/mol. The maximum absolute atomic E-state index is 13.5. The molecule has 0 radical (unpaired) electrons. The van der Waals surface area contributed by atoms with Crippen molar-refractivity contribution in [1.29, 1.82) is 0 Å². The van der Waals surface area contributed by atoms with Gasteiger partial charge in [0.25, 0.3) is 11.8 Å². The van der Waals surface area contributed by atoms with E-state index in [0.29, 0.717) is 36.3 Å². The Morgan fingerprint density at radius 1 is 1.25 bits per heavy atom. The van der Waals surface area contributed by atoms with Gasteiger partial charge in [-0.2, -0.15) is 5.10 Å². The van der Waals surface area contributed by atoms with Gasteiger partial charge in [-0.1, -0.05) is 30.4 Å². The molecule has 3 aromatic rings. The van der Waals surface area contributed by atoms with Gasteiger partial charge in [0.15, 0.2) is 0 Å². The summed E-state index contributed by atoms with van der Waals surface area (Å²) in [6.45, 7) is 8.11. The summed E-state index contributed by atoms with van der Waals surface area (Å²) in [5.41, 5.74) is 3.82. The Morgan fingerprint density at radius 3 is 2.72 bits per heavy atom. The first-order valence-electron chi connectivity index (χ1n) is 10.7. The van der Waals surface area contributed by atoms with E-state index in [1.807, 2.05) is 70.7 Å². The highest BCUT2D eigenvalue weighted by Crippen LogP contribution is 2.21. The lowest BCUT2D eigenvalue weighted by Crippen LogP contribution is -2.40. The van der Waals surface area contributed by atoms with Gasteiger partial charge < -0.3 is 14.8 Å². The lowest BCUT2D eigenvalue weighted by Gasteiger charge is -2.29. The van der Waals surface area contributed by atoms with Crippen LogP contribution in [0.15, 0.2) is 67.0 Å². The predicted molar refractivity (Wildman–Crippen MR) is 127 cm³/mol. The Bertz CT molecular complexity index is 1150. The summed E-state index contributed by atoms with van der Waals surface area (Å²) in [7, 11) is 3.66. The maximum Gasteiger partial charge on any atom is 0.267 e. The van der Waals surface area contributed by atoms with E-state index in [2.05, 4.69) is 17.0 Å². The number of carbonyl (C=O) groups is 2. The topological polar surface area (TPSA) is 71.6 Å². The summed E-state index contributed by atoms with van der Waals surface area (Å²) in [5.74, 6) is -0.198. The zero-order valence-corrected chi connectivity index (χ0v) is 19.2. The second-order valence-electron chi connectivity index (χ2n) is 8.06. The van der Waals surface area contributed by atoms with Crippen molar-refractivity contribution >= 4 is 17.3 Å². The Hall–Kier alpha value is -3.61. The highest BCUT2D eigenvalue weighted by atomic mass is 16.2. The molecule has 0 unspecified atom stereocenters. The smallest absolute Gasteiger partial charge is 0.267 e. The number of amides is 2. The monoisotopic (exact) mass is 433 g/mol. The number of nitrogens with one attached hydrogen (secondary N) is 1. The van der Waals surface area contributed by atoms with E-state index < -0.39 is 0 Å². The lowest BCUT2D eigenvalue weighted by atomic mass is 10.0. The second-order valence-corrected chi connectivity index (χ2v) is 8.06. The van der Waals surface area contributed by atoms with Gasteiger partial charge in [0.05, 0.1) is 16.8 Å². The van der Waals surface area contributed by atoms with Crippen molar-refractivity contribution in [3.63, 3.8) is 0 Å². The van der Waals surface area contributed by atoms with E-state index in [9.17, 15) is 9.59 Å². The number of allylic oxidation sites excluding steroid dienone is 2. The molecule has 0 spiro atoms. The molecule has 3 heterocycles. The zero-order valence-electron chi connectivity index (χ0n) is 19.2. The van der Waals surface area contributed by atoms with Gasteiger partial charge in [0, 0.05) is 39.1 Å². The average Bonchev–Trinajstić information content (AvgIpc) is 3.34. The fraction of sp³-hybridized carbons (Fsp3) is 0.320. The number of aryl methyl sites for hydroxylation is 2. The summed E-state index contributed by atoms with van der Waals surface area (Å²) < 4.78 is 3.52. The van der Waals surface area contributed by atoms with Gasteiger partial charge in [0.1, 0.15) is 5.69 Å². The number of aromatic nitrogens is 3. The predicted octanol–water partition coefficient (Wildman–Crippen LogP) is 3.76. The van der Waals surface area contributed by atoms with Crippen LogP contribution in [0.1, 0.15) is 46.3 Å². The van der Waals surface area contributed by atoms with Crippen LogP contribution in [0.3, 0.4) is 0 Å². The standard InChI is InChI=1S/C25H31N5O2/c1-6-10-18(2)17-20(13-14-26-24(31)22-12-9-15-28(22)4)29(5)25(32)23-19(3)27-30-16-8-7-11-21(23)30/h6-12,15-16,20H,1,13-14,17H2,2-5H3,(H,26,31)/b18-10+/t20-/m1/s1. The van der Waals surface area contributed by atoms with Crippen molar-refractivity contribution in [3.05, 3.63) is 84.0 Å². The molecule has 0 bridgehead atoms. The number of pyridine rings is 1. The van der Waals surface area contributed by atoms with Crippen molar-refractivity contribution < 1.29 is 9.59 Å². The minimum absolute atomic E-state index is 0.0751. The van der Waals surface area contributed by atoms with Crippen LogP contribution in [-0.2, 0) is 7.05 Å². The summed E-state index contributed by atoms with van der Waals surface area (Å²) in [5, 5.41) is 7.45. The van der Waals surface area contributed by atoms with E-state index in [1.54, 1.807) is 26.1 Å². The van der Waals surface area contributed by atoms with Crippen LogP contribution in [0.2, 0.25) is 0 Å². The molecule has 7 nitrogen and oxygen atoms in total. The maximum atomic E-state index is 13.5.